The van der Waals surface area contributed by atoms with Gasteiger partial charge in [0, 0.05) is 12.6 Å². The van der Waals surface area contributed by atoms with Crippen molar-refractivity contribution in [3.63, 3.8) is 0 Å². The fourth-order valence-corrected chi connectivity index (χ4v) is 2.92. The molecule has 1 aromatic carbocycles. The standard InChI is InChI=1S/C14H18FN3O/c1-18-7-6-12-11(8-18)14(19)17-13(16-12)9-2-4-10(15)5-3-9/h2-5,11-13,16H,6-8H2,1H3,(H,17,19). The first-order chi connectivity index (χ1) is 9.13. The van der Waals surface area contributed by atoms with Crippen LogP contribution in [-0.4, -0.2) is 37.0 Å². The van der Waals surface area contributed by atoms with Crippen LogP contribution in [0.1, 0.15) is 18.2 Å². The molecule has 5 heteroatoms. The Kier molecular flexibility index (Phi) is 3.24. The number of piperidine rings is 1. The molecule has 2 aliphatic heterocycles. The second kappa shape index (κ2) is 4.90. The van der Waals surface area contributed by atoms with E-state index < -0.39 is 0 Å². The molecule has 0 bridgehead atoms. The molecule has 3 unspecified atom stereocenters. The first-order valence-electron chi connectivity index (χ1n) is 6.64. The lowest BCUT2D eigenvalue weighted by atomic mass is 9.88. The number of carbonyl (C=O) groups is 1. The van der Waals surface area contributed by atoms with Gasteiger partial charge >= 0.3 is 0 Å². The smallest absolute Gasteiger partial charge is 0.227 e. The van der Waals surface area contributed by atoms with Gasteiger partial charge in [-0.25, -0.2) is 4.39 Å². The zero-order valence-corrected chi connectivity index (χ0v) is 10.9. The minimum Gasteiger partial charge on any atom is -0.336 e. The first kappa shape index (κ1) is 12.6. The van der Waals surface area contributed by atoms with Gasteiger partial charge in [0.15, 0.2) is 0 Å². The van der Waals surface area contributed by atoms with Gasteiger partial charge in [0.2, 0.25) is 5.91 Å². The SMILES string of the molecule is CN1CCC2NC(c3ccc(F)cc3)NC(=O)C2C1. The van der Waals surface area contributed by atoms with Gasteiger partial charge in [0.1, 0.15) is 12.0 Å². The number of nitrogens with one attached hydrogen (secondary N) is 2. The zero-order chi connectivity index (χ0) is 13.4. The summed E-state index contributed by atoms with van der Waals surface area (Å²) in [4.78, 5) is 14.4. The van der Waals surface area contributed by atoms with Crippen molar-refractivity contribution in [1.29, 1.82) is 0 Å². The lowest BCUT2D eigenvalue weighted by Crippen LogP contribution is -2.61. The molecule has 0 aliphatic carbocycles. The van der Waals surface area contributed by atoms with Gasteiger partial charge in [0.05, 0.1) is 5.92 Å². The molecule has 1 aromatic rings. The Morgan fingerprint density at radius 2 is 2.05 bits per heavy atom. The topological polar surface area (TPSA) is 44.4 Å². The molecule has 3 rings (SSSR count). The van der Waals surface area contributed by atoms with Crippen LogP contribution in [0.2, 0.25) is 0 Å². The normalized spacial score (nSPS) is 31.7. The summed E-state index contributed by atoms with van der Waals surface area (Å²) in [6, 6.07) is 6.47. The maximum Gasteiger partial charge on any atom is 0.227 e. The highest BCUT2D eigenvalue weighted by Gasteiger charge is 2.39. The van der Waals surface area contributed by atoms with Crippen molar-refractivity contribution >= 4 is 5.91 Å². The van der Waals surface area contributed by atoms with E-state index in [9.17, 15) is 9.18 Å². The minimum absolute atomic E-state index is 0.00967. The van der Waals surface area contributed by atoms with E-state index in [0.717, 1.165) is 25.1 Å². The quantitative estimate of drug-likeness (QED) is 0.790. The Morgan fingerprint density at radius 3 is 2.79 bits per heavy atom. The number of amides is 1. The number of benzene rings is 1. The molecule has 1 amide bonds. The van der Waals surface area contributed by atoms with Crippen LogP contribution in [0, 0.1) is 11.7 Å². The maximum absolute atomic E-state index is 12.9. The van der Waals surface area contributed by atoms with E-state index in [1.807, 2.05) is 7.05 Å². The molecule has 19 heavy (non-hydrogen) atoms. The summed E-state index contributed by atoms with van der Waals surface area (Å²) in [5, 5.41) is 6.43. The number of nitrogens with zero attached hydrogens (tertiary/aromatic N) is 1. The van der Waals surface area contributed by atoms with Crippen molar-refractivity contribution in [3.8, 4) is 0 Å². The third kappa shape index (κ3) is 2.48. The van der Waals surface area contributed by atoms with Crippen molar-refractivity contribution in [2.24, 2.45) is 5.92 Å². The van der Waals surface area contributed by atoms with Crippen molar-refractivity contribution in [2.75, 3.05) is 20.1 Å². The van der Waals surface area contributed by atoms with Gasteiger partial charge in [0.25, 0.3) is 0 Å². The molecular formula is C14H18FN3O. The fraction of sp³-hybridized carbons (Fsp3) is 0.500. The van der Waals surface area contributed by atoms with Crippen molar-refractivity contribution in [1.82, 2.24) is 15.5 Å². The lowest BCUT2D eigenvalue weighted by Gasteiger charge is -2.43. The average Bonchev–Trinajstić information content (AvgIpc) is 2.40. The molecule has 2 aliphatic rings. The third-order valence-corrected chi connectivity index (χ3v) is 4.02. The number of rotatable bonds is 1. The Labute approximate surface area is 112 Å². The highest BCUT2D eigenvalue weighted by molar-refractivity contribution is 5.81. The van der Waals surface area contributed by atoms with E-state index in [4.69, 9.17) is 0 Å². The number of carbonyl (C=O) groups excluding carboxylic acids is 1. The Hall–Kier alpha value is -1.46. The largest absolute Gasteiger partial charge is 0.336 e. The summed E-state index contributed by atoms with van der Waals surface area (Å²) < 4.78 is 12.9. The Bertz CT molecular complexity index is 476. The maximum atomic E-state index is 12.9. The van der Waals surface area contributed by atoms with Gasteiger partial charge in [-0.3, -0.25) is 10.1 Å². The van der Waals surface area contributed by atoms with Crippen LogP contribution < -0.4 is 10.6 Å². The Morgan fingerprint density at radius 1 is 1.32 bits per heavy atom. The van der Waals surface area contributed by atoms with Crippen LogP contribution in [0.25, 0.3) is 0 Å². The van der Waals surface area contributed by atoms with Gasteiger partial charge in [-0.1, -0.05) is 12.1 Å². The molecule has 2 fully saturated rings. The van der Waals surface area contributed by atoms with E-state index in [0.29, 0.717) is 0 Å². The second-order valence-electron chi connectivity index (χ2n) is 5.42. The fourth-order valence-electron chi connectivity index (χ4n) is 2.92. The predicted octanol–water partition coefficient (Wildman–Crippen LogP) is 0.864. The third-order valence-electron chi connectivity index (χ3n) is 4.02. The van der Waals surface area contributed by atoms with Crippen LogP contribution in [-0.2, 0) is 4.79 Å². The van der Waals surface area contributed by atoms with Crippen molar-refractivity contribution < 1.29 is 9.18 Å². The number of hydrogen-bond donors (Lipinski definition) is 2. The van der Waals surface area contributed by atoms with Crippen LogP contribution in [0.5, 0.6) is 0 Å². The molecule has 4 nitrogen and oxygen atoms in total. The van der Waals surface area contributed by atoms with E-state index in [1.165, 1.54) is 12.1 Å². The lowest BCUT2D eigenvalue weighted by molar-refractivity contribution is -0.131. The van der Waals surface area contributed by atoms with Crippen LogP contribution in [0.15, 0.2) is 24.3 Å². The first-order valence-corrected chi connectivity index (χ1v) is 6.64. The summed E-state index contributed by atoms with van der Waals surface area (Å²) in [6.45, 7) is 1.79. The van der Waals surface area contributed by atoms with Crippen LogP contribution in [0.4, 0.5) is 4.39 Å². The van der Waals surface area contributed by atoms with E-state index >= 15 is 0 Å². The average molecular weight is 263 g/mol. The number of hydrogen-bond acceptors (Lipinski definition) is 3. The second-order valence-corrected chi connectivity index (χ2v) is 5.42. The molecule has 2 saturated heterocycles. The summed E-state index contributed by atoms with van der Waals surface area (Å²) in [5.74, 6) is -0.164. The zero-order valence-electron chi connectivity index (χ0n) is 10.9. The van der Waals surface area contributed by atoms with Crippen LogP contribution in [0.3, 0.4) is 0 Å². The predicted molar refractivity (Wildman–Crippen MR) is 69.8 cm³/mol. The molecule has 102 valence electrons. The van der Waals surface area contributed by atoms with Gasteiger partial charge in [-0.05, 0) is 37.7 Å². The van der Waals surface area contributed by atoms with Crippen LogP contribution >= 0.6 is 0 Å². The molecule has 0 aromatic heterocycles. The number of fused-ring (bicyclic) bond motifs is 1. The molecule has 2 N–H and O–H groups in total. The van der Waals surface area contributed by atoms with E-state index in [-0.39, 0.29) is 29.8 Å². The molecule has 0 radical (unpaired) electrons. The van der Waals surface area contributed by atoms with Gasteiger partial charge in [-0.2, -0.15) is 0 Å². The number of halogens is 1. The molecule has 0 saturated carbocycles. The Balaban J connectivity index is 1.77. The van der Waals surface area contributed by atoms with Gasteiger partial charge in [-0.15, -0.1) is 0 Å². The van der Waals surface area contributed by atoms with E-state index in [1.54, 1.807) is 12.1 Å². The van der Waals surface area contributed by atoms with Gasteiger partial charge < -0.3 is 10.2 Å². The highest BCUT2D eigenvalue weighted by Crippen LogP contribution is 2.25. The molecule has 3 atom stereocenters. The number of likely N-dealkylation sites (tertiary alicyclic amines) is 1. The minimum atomic E-state index is -0.261. The molecule has 2 heterocycles. The van der Waals surface area contributed by atoms with E-state index in [2.05, 4.69) is 15.5 Å². The summed E-state index contributed by atoms with van der Waals surface area (Å²) in [7, 11) is 2.04. The summed E-state index contributed by atoms with van der Waals surface area (Å²) in [6.07, 6.45) is 0.754. The van der Waals surface area contributed by atoms with Crippen molar-refractivity contribution in [2.45, 2.75) is 18.6 Å². The molecule has 0 spiro atoms. The monoisotopic (exact) mass is 263 g/mol. The molecular weight excluding hydrogens is 245 g/mol. The summed E-state index contributed by atoms with van der Waals surface area (Å²) in [5.41, 5.74) is 0.895. The highest BCUT2D eigenvalue weighted by atomic mass is 19.1. The summed E-state index contributed by atoms with van der Waals surface area (Å²) >= 11 is 0. The van der Waals surface area contributed by atoms with Crippen molar-refractivity contribution in [3.05, 3.63) is 35.6 Å².